The van der Waals surface area contributed by atoms with Crippen LogP contribution in [-0.2, 0) is 4.79 Å². The number of nitrogens with one attached hydrogen (secondary N) is 1. The Morgan fingerprint density at radius 1 is 1.42 bits per heavy atom. The number of rotatable bonds is 5. The fraction of sp³-hybridized carbons (Fsp3) is 0.429. The Hall–Kier alpha value is -2.06. The summed E-state index contributed by atoms with van der Waals surface area (Å²) >= 11 is 0. The highest BCUT2D eigenvalue weighted by molar-refractivity contribution is 5.77. The predicted molar refractivity (Wildman–Crippen MR) is 68.5 cm³/mol. The van der Waals surface area contributed by atoms with Gasteiger partial charge in [-0.2, -0.15) is 5.26 Å². The van der Waals surface area contributed by atoms with Gasteiger partial charge in [0.15, 0.2) is 6.61 Å². The molecule has 0 saturated heterocycles. The van der Waals surface area contributed by atoms with E-state index in [1.807, 2.05) is 6.07 Å². The van der Waals surface area contributed by atoms with Crippen molar-refractivity contribution < 1.29 is 14.6 Å². The fourth-order valence-electron chi connectivity index (χ4n) is 1.85. The van der Waals surface area contributed by atoms with Crippen molar-refractivity contribution in [2.45, 2.75) is 24.9 Å². The zero-order chi connectivity index (χ0) is 13.7. The lowest BCUT2D eigenvalue weighted by molar-refractivity contribution is -0.125. The molecule has 0 unspecified atom stereocenters. The molecule has 1 saturated carbocycles. The molecule has 5 nitrogen and oxygen atoms in total. The molecule has 1 fully saturated rings. The van der Waals surface area contributed by atoms with Crippen LogP contribution >= 0.6 is 0 Å². The molecule has 1 aliphatic carbocycles. The second-order valence-electron chi connectivity index (χ2n) is 4.78. The largest absolute Gasteiger partial charge is 0.484 e. The molecule has 0 aliphatic heterocycles. The maximum Gasteiger partial charge on any atom is 0.258 e. The summed E-state index contributed by atoms with van der Waals surface area (Å²) in [6.45, 7) is 0.185. The van der Waals surface area contributed by atoms with Crippen molar-refractivity contribution in [3.05, 3.63) is 29.8 Å². The Morgan fingerprint density at radius 3 is 2.63 bits per heavy atom. The molecular formula is C14H16N2O3. The summed E-state index contributed by atoms with van der Waals surface area (Å²) in [6, 6.07) is 8.55. The van der Waals surface area contributed by atoms with Gasteiger partial charge >= 0.3 is 0 Å². The van der Waals surface area contributed by atoms with E-state index in [1.54, 1.807) is 24.3 Å². The van der Waals surface area contributed by atoms with E-state index in [4.69, 9.17) is 10.00 Å². The van der Waals surface area contributed by atoms with Crippen LogP contribution < -0.4 is 10.1 Å². The minimum Gasteiger partial charge on any atom is -0.484 e. The second kappa shape index (κ2) is 5.72. The van der Waals surface area contributed by atoms with Gasteiger partial charge in [0.25, 0.3) is 5.91 Å². The number of carbonyl (C=O) groups excluding carboxylic acids is 1. The summed E-state index contributed by atoms with van der Waals surface area (Å²) in [5.41, 5.74) is -0.173. The number of hydrogen-bond acceptors (Lipinski definition) is 4. The monoisotopic (exact) mass is 260 g/mol. The molecule has 19 heavy (non-hydrogen) atoms. The Morgan fingerprint density at radius 2 is 2.11 bits per heavy atom. The fourth-order valence-corrected chi connectivity index (χ4v) is 1.85. The van der Waals surface area contributed by atoms with Gasteiger partial charge in [0, 0.05) is 6.54 Å². The van der Waals surface area contributed by atoms with E-state index >= 15 is 0 Å². The van der Waals surface area contributed by atoms with E-state index in [0.717, 1.165) is 19.3 Å². The number of nitrogens with zero attached hydrogens (tertiary/aromatic N) is 1. The number of aliphatic hydroxyl groups is 1. The van der Waals surface area contributed by atoms with E-state index in [-0.39, 0.29) is 19.1 Å². The summed E-state index contributed by atoms with van der Waals surface area (Å²) < 4.78 is 5.28. The van der Waals surface area contributed by atoms with E-state index in [1.165, 1.54) is 0 Å². The first-order valence-corrected chi connectivity index (χ1v) is 6.23. The molecule has 0 heterocycles. The van der Waals surface area contributed by atoms with Gasteiger partial charge in [0.1, 0.15) is 5.75 Å². The summed E-state index contributed by atoms with van der Waals surface area (Å²) in [5.74, 6) is 0.279. The smallest absolute Gasteiger partial charge is 0.258 e. The number of ether oxygens (including phenoxy) is 1. The summed E-state index contributed by atoms with van der Waals surface area (Å²) in [5, 5.41) is 21.1. The van der Waals surface area contributed by atoms with Gasteiger partial charge in [0.05, 0.1) is 17.2 Å². The van der Waals surface area contributed by atoms with Crippen LogP contribution in [0.4, 0.5) is 0 Å². The highest BCUT2D eigenvalue weighted by atomic mass is 16.5. The third kappa shape index (κ3) is 3.70. The molecule has 0 spiro atoms. The maximum absolute atomic E-state index is 11.5. The third-order valence-electron chi connectivity index (χ3n) is 3.25. The molecule has 2 rings (SSSR count). The molecule has 0 radical (unpaired) electrons. The van der Waals surface area contributed by atoms with Gasteiger partial charge < -0.3 is 15.2 Å². The first-order valence-electron chi connectivity index (χ1n) is 6.23. The van der Waals surface area contributed by atoms with Crippen LogP contribution in [0.3, 0.4) is 0 Å². The normalized spacial score (nSPS) is 16.0. The lowest BCUT2D eigenvalue weighted by Crippen LogP contribution is -2.48. The van der Waals surface area contributed by atoms with E-state index < -0.39 is 5.60 Å². The van der Waals surface area contributed by atoms with Crippen LogP contribution in [0.2, 0.25) is 0 Å². The first kappa shape index (κ1) is 13.4. The SMILES string of the molecule is N#Cc1ccc(OCC(=O)NCC2(O)CCC2)cc1. The molecule has 5 heteroatoms. The highest BCUT2D eigenvalue weighted by Crippen LogP contribution is 2.30. The van der Waals surface area contributed by atoms with E-state index in [9.17, 15) is 9.90 Å². The van der Waals surface area contributed by atoms with Gasteiger partial charge in [0.2, 0.25) is 0 Å². The Bertz CT molecular complexity index is 486. The average molecular weight is 260 g/mol. The van der Waals surface area contributed by atoms with Crippen LogP contribution in [0.15, 0.2) is 24.3 Å². The first-order chi connectivity index (χ1) is 9.11. The van der Waals surface area contributed by atoms with Crippen molar-refractivity contribution in [2.24, 2.45) is 0 Å². The van der Waals surface area contributed by atoms with Gasteiger partial charge in [-0.15, -0.1) is 0 Å². The number of nitriles is 1. The molecule has 1 aromatic carbocycles. The van der Waals surface area contributed by atoms with Gasteiger partial charge in [-0.1, -0.05) is 0 Å². The van der Waals surface area contributed by atoms with Crippen molar-refractivity contribution in [1.82, 2.24) is 5.32 Å². The molecule has 1 amide bonds. The minimum atomic E-state index is -0.718. The van der Waals surface area contributed by atoms with Gasteiger partial charge in [-0.25, -0.2) is 0 Å². The van der Waals surface area contributed by atoms with Crippen LogP contribution in [-0.4, -0.2) is 29.8 Å². The predicted octanol–water partition coefficient (Wildman–Crippen LogP) is 0.968. The maximum atomic E-state index is 11.5. The van der Waals surface area contributed by atoms with Crippen molar-refractivity contribution in [3.8, 4) is 11.8 Å². The van der Waals surface area contributed by atoms with Gasteiger partial charge in [-0.3, -0.25) is 4.79 Å². The van der Waals surface area contributed by atoms with Crippen molar-refractivity contribution in [3.63, 3.8) is 0 Å². The molecule has 1 aliphatic rings. The molecule has 0 aromatic heterocycles. The van der Waals surface area contributed by atoms with Crippen LogP contribution in [0.25, 0.3) is 0 Å². The number of benzene rings is 1. The molecule has 100 valence electrons. The molecule has 1 aromatic rings. The van der Waals surface area contributed by atoms with Crippen molar-refractivity contribution in [2.75, 3.05) is 13.2 Å². The van der Waals surface area contributed by atoms with Crippen LogP contribution in [0.5, 0.6) is 5.75 Å². The molecule has 0 atom stereocenters. The number of amides is 1. The van der Waals surface area contributed by atoms with Gasteiger partial charge in [-0.05, 0) is 43.5 Å². The number of carbonyl (C=O) groups is 1. The Balaban J connectivity index is 1.72. The van der Waals surface area contributed by atoms with E-state index in [0.29, 0.717) is 11.3 Å². The Kier molecular flexibility index (Phi) is 4.03. The third-order valence-corrected chi connectivity index (χ3v) is 3.25. The highest BCUT2D eigenvalue weighted by Gasteiger charge is 2.34. The zero-order valence-electron chi connectivity index (χ0n) is 10.6. The van der Waals surface area contributed by atoms with Crippen LogP contribution in [0.1, 0.15) is 24.8 Å². The molecular weight excluding hydrogens is 244 g/mol. The standard InChI is InChI=1S/C14H16N2O3/c15-8-11-2-4-12(5-3-11)19-9-13(17)16-10-14(18)6-1-7-14/h2-5,18H,1,6-7,9-10H2,(H,16,17). The topological polar surface area (TPSA) is 82.3 Å². The second-order valence-corrected chi connectivity index (χ2v) is 4.78. The minimum absolute atomic E-state index is 0.0953. The lowest BCUT2D eigenvalue weighted by Gasteiger charge is -2.36. The van der Waals surface area contributed by atoms with Crippen LogP contribution in [0, 0.1) is 11.3 Å². The summed E-state index contributed by atoms with van der Waals surface area (Å²) in [6.07, 6.45) is 2.49. The van der Waals surface area contributed by atoms with Crippen molar-refractivity contribution >= 4 is 5.91 Å². The summed E-state index contributed by atoms with van der Waals surface area (Å²) in [7, 11) is 0. The summed E-state index contributed by atoms with van der Waals surface area (Å²) in [4.78, 5) is 11.5. The molecule has 2 N–H and O–H groups in total. The zero-order valence-corrected chi connectivity index (χ0v) is 10.6. The quantitative estimate of drug-likeness (QED) is 0.826. The Labute approximate surface area is 111 Å². The average Bonchev–Trinajstić information content (AvgIpc) is 2.41. The van der Waals surface area contributed by atoms with E-state index in [2.05, 4.69) is 5.32 Å². The molecule has 0 bridgehead atoms. The lowest BCUT2D eigenvalue weighted by atomic mass is 9.80. The van der Waals surface area contributed by atoms with Crippen molar-refractivity contribution in [1.29, 1.82) is 5.26 Å². The number of hydrogen-bond donors (Lipinski definition) is 2.